The van der Waals surface area contributed by atoms with Crippen LogP contribution in [0, 0.1) is 12.3 Å². The average Bonchev–Trinajstić information content (AvgIpc) is 3.13. The number of rotatable bonds is 7. The highest BCUT2D eigenvalue weighted by atomic mass is 16.2. The number of piperidine rings is 1. The molecule has 4 heteroatoms. The number of anilines is 1. The number of aromatic nitrogens is 1. The summed E-state index contributed by atoms with van der Waals surface area (Å²) in [6.45, 7) is 7.33. The zero-order valence-corrected chi connectivity index (χ0v) is 14.6. The first-order valence-electron chi connectivity index (χ1n) is 9.10. The van der Waals surface area contributed by atoms with Crippen molar-refractivity contribution in [3.05, 3.63) is 23.9 Å². The SMILES string of the molecule is CCCCC[C@@]12C[C@@H](C(=O)Nc3cccc(C)n3)N(CC)[C@@H]1C2. The number of fused-ring (bicyclic) bond motifs is 1. The van der Waals surface area contributed by atoms with E-state index in [4.69, 9.17) is 0 Å². The number of amides is 1. The van der Waals surface area contributed by atoms with Crippen LogP contribution < -0.4 is 5.32 Å². The van der Waals surface area contributed by atoms with Crippen molar-refractivity contribution >= 4 is 11.7 Å². The molecular weight excluding hydrogens is 286 g/mol. The van der Waals surface area contributed by atoms with Gasteiger partial charge in [0.2, 0.25) is 5.91 Å². The van der Waals surface area contributed by atoms with Crippen LogP contribution in [0.2, 0.25) is 0 Å². The van der Waals surface area contributed by atoms with Crippen molar-refractivity contribution in [3.63, 3.8) is 0 Å². The van der Waals surface area contributed by atoms with Gasteiger partial charge in [0.15, 0.2) is 0 Å². The molecule has 23 heavy (non-hydrogen) atoms. The van der Waals surface area contributed by atoms with Crippen LogP contribution in [0.1, 0.15) is 58.1 Å². The molecule has 1 aliphatic carbocycles. The first kappa shape index (κ1) is 16.4. The number of nitrogens with one attached hydrogen (secondary N) is 1. The van der Waals surface area contributed by atoms with Gasteiger partial charge in [-0.05, 0) is 50.3 Å². The molecule has 1 saturated heterocycles. The molecule has 4 nitrogen and oxygen atoms in total. The van der Waals surface area contributed by atoms with Gasteiger partial charge in [-0.3, -0.25) is 9.69 Å². The van der Waals surface area contributed by atoms with E-state index >= 15 is 0 Å². The maximum atomic E-state index is 12.7. The van der Waals surface area contributed by atoms with Gasteiger partial charge in [0.1, 0.15) is 5.82 Å². The standard InChI is InChI=1S/C19H29N3O/c1-4-6-7-11-19-12-15(22(5-2)16(19)13-19)18(23)21-17-10-8-9-14(3)20-17/h8-10,15-16H,4-7,11-13H2,1-3H3,(H,20,21,23)/t15-,16+,19-/m0/s1. The molecule has 1 saturated carbocycles. The largest absolute Gasteiger partial charge is 0.309 e. The summed E-state index contributed by atoms with van der Waals surface area (Å²) in [7, 11) is 0. The van der Waals surface area contributed by atoms with Crippen LogP contribution in [0.25, 0.3) is 0 Å². The minimum atomic E-state index is 0.0164. The highest BCUT2D eigenvalue weighted by molar-refractivity contribution is 5.94. The number of carbonyl (C=O) groups is 1. The molecular formula is C19H29N3O. The lowest BCUT2D eigenvalue weighted by molar-refractivity contribution is -0.120. The van der Waals surface area contributed by atoms with Crippen LogP contribution in [0.4, 0.5) is 5.82 Å². The van der Waals surface area contributed by atoms with E-state index in [1.165, 1.54) is 32.1 Å². The van der Waals surface area contributed by atoms with E-state index in [0.29, 0.717) is 17.3 Å². The third-order valence-electron chi connectivity index (χ3n) is 5.63. The zero-order valence-electron chi connectivity index (χ0n) is 14.6. The number of nitrogens with zero attached hydrogens (tertiary/aromatic N) is 2. The third-order valence-corrected chi connectivity index (χ3v) is 5.63. The van der Waals surface area contributed by atoms with Crippen LogP contribution >= 0.6 is 0 Å². The van der Waals surface area contributed by atoms with Crippen LogP contribution in [-0.4, -0.2) is 34.4 Å². The molecule has 0 radical (unpaired) electrons. The number of pyridine rings is 1. The summed E-state index contributed by atoms with van der Waals surface area (Å²) in [4.78, 5) is 19.5. The lowest BCUT2D eigenvalue weighted by atomic mass is 9.92. The van der Waals surface area contributed by atoms with Gasteiger partial charge < -0.3 is 5.32 Å². The van der Waals surface area contributed by atoms with Gasteiger partial charge in [-0.25, -0.2) is 4.98 Å². The van der Waals surface area contributed by atoms with E-state index in [0.717, 1.165) is 18.7 Å². The molecule has 1 aliphatic heterocycles. The van der Waals surface area contributed by atoms with Gasteiger partial charge >= 0.3 is 0 Å². The van der Waals surface area contributed by atoms with Crippen molar-refractivity contribution in [2.75, 3.05) is 11.9 Å². The topological polar surface area (TPSA) is 45.2 Å². The quantitative estimate of drug-likeness (QED) is 0.779. The number of aryl methyl sites for hydroxylation is 1. The maximum Gasteiger partial charge on any atom is 0.242 e. The summed E-state index contributed by atoms with van der Waals surface area (Å²) in [6.07, 6.45) is 7.47. The van der Waals surface area contributed by atoms with Crippen molar-refractivity contribution < 1.29 is 4.79 Å². The van der Waals surface area contributed by atoms with E-state index < -0.39 is 0 Å². The molecule has 3 rings (SSSR count). The Morgan fingerprint density at radius 2 is 2.17 bits per heavy atom. The molecule has 2 heterocycles. The molecule has 1 aromatic heterocycles. The Morgan fingerprint density at radius 3 is 2.87 bits per heavy atom. The summed E-state index contributed by atoms with van der Waals surface area (Å²) in [6, 6.07) is 6.40. The second kappa shape index (κ2) is 6.60. The molecule has 0 spiro atoms. The van der Waals surface area contributed by atoms with Gasteiger partial charge in [0, 0.05) is 11.7 Å². The fourth-order valence-electron chi connectivity index (χ4n) is 4.34. The van der Waals surface area contributed by atoms with E-state index in [2.05, 4.69) is 29.0 Å². The van der Waals surface area contributed by atoms with E-state index in [-0.39, 0.29) is 11.9 Å². The predicted molar refractivity (Wildman–Crippen MR) is 93.4 cm³/mol. The van der Waals surface area contributed by atoms with Gasteiger partial charge in [-0.2, -0.15) is 0 Å². The number of carbonyl (C=O) groups excluding carboxylic acids is 1. The molecule has 2 fully saturated rings. The summed E-state index contributed by atoms with van der Waals surface area (Å²) >= 11 is 0. The van der Waals surface area contributed by atoms with Gasteiger partial charge in [0.25, 0.3) is 0 Å². The second-order valence-electron chi connectivity index (χ2n) is 7.24. The predicted octanol–water partition coefficient (Wildman–Crippen LogP) is 3.76. The number of likely N-dealkylation sites (tertiary alicyclic amines) is 1. The van der Waals surface area contributed by atoms with Crippen LogP contribution in [-0.2, 0) is 4.79 Å². The Bertz CT molecular complexity index is 573. The smallest absolute Gasteiger partial charge is 0.242 e. The van der Waals surface area contributed by atoms with E-state index in [1.807, 2.05) is 25.1 Å². The molecule has 0 bridgehead atoms. The summed E-state index contributed by atoms with van der Waals surface area (Å²) < 4.78 is 0. The van der Waals surface area contributed by atoms with E-state index in [1.54, 1.807) is 0 Å². The Kier molecular flexibility index (Phi) is 4.72. The molecule has 2 aliphatic rings. The molecule has 3 atom stereocenters. The first-order chi connectivity index (χ1) is 11.1. The van der Waals surface area contributed by atoms with Crippen molar-refractivity contribution in [2.24, 2.45) is 5.41 Å². The molecule has 126 valence electrons. The number of unbranched alkanes of at least 4 members (excludes halogenated alkanes) is 2. The number of likely N-dealkylation sites (N-methyl/N-ethyl adjacent to an activating group) is 1. The Hall–Kier alpha value is -1.42. The van der Waals surface area contributed by atoms with Gasteiger partial charge in [0.05, 0.1) is 6.04 Å². The van der Waals surface area contributed by atoms with Crippen molar-refractivity contribution in [1.82, 2.24) is 9.88 Å². The fraction of sp³-hybridized carbons (Fsp3) is 0.684. The lowest BCUT2D eigenvalue weighted by Gasteiger charge is -2.24. The molecule has 1 N–H and O–H groups in total. The van der Waals surface area contributed by atoms with Gasteiger partial charge in [-0.1, -0.05) is 39.2 Å². The van der Waals surface area contributed by atoms with Crippen LogP contribution in [0.15, 0.2) is 18.2 Å². The Morgan fingerprint density at radius 1 is 1.35 bits per heavy atom. The highest BCUT2D eigenvalue weighted by Gasteiger charge is 2.64. The summed E-state index contributed by atoms with van der Waals surface area (Å²) in [5, 5.41) is 3.02. The van der Waals surface area contributed by atoms with Crippen LogP contribution in [0.5, 0.6) is 0 Å². The monoisotopic (exact) mass is 315 g/mol. The minimum absolute atomic E-state index is 0.0164. The molecule has 1 aromatic rings. The normalized spacial score (nSPS) is 29.3. The van der Waals surface area contributed by atoms with E-state index in [9.17, 15) is 4.79 Å². The molecule has 0 aromatic carbocycles. The van der Waals surface area contributed by atoms with Crippen molar-refractivity contribution in [1.29, 1.82) is 0 Å². The van der Waals surface area contributed by atoms with Crippen LogP contribution in [0.3, 0.4) is 0 Å². The fourth-order valence-corrected chi connectivity index (χ4v) is 4.34. The first-order valence-corrected chi connectivity index (χ1v) is 9.10. The Balaban J connectivity index is 1.64. The highest BCUT2D eigenvalue weighted by Crippen LogP contribution is 2.62. The minimum Gasteiger partial charge on any atom is -0.309 e. The summed E-state index contributed by atoms with van der Waals surface area (Å²) in [5.41, 5.74) is 1.35. The van der Waals surface area contributed by atoms with Gasteiger partial charge in [-0.15, -0.1) is 0 Å². The summed E-state index contributed by atoms with van der Waals surface area (Å²) in [5.74, 6) is 0.790. The second-order valence-corrected chi connectivity index (χ2v) is 7.24. The third kappa shape index (κ3) is 3.27. The Labute approximate surface area is 139 Å². The zero-order chi connectivity index (χ0) is 16.4. The van der Waals surface area contributed by atoms with Crippen molar-refractivity contribution in [3.8, 4) is 0 Å². The number of hydrogen-bond donors (Lipinski definition) is 1. The van der Waals surface area contributed by atoms with Crippen molar-refractivity contribution in [2.45, 2.75) is 71.4 Å². The lowest BCUT2D eigenvalue weighted by Crippen LogP contribution is -2.42. The average molecular weight is 315 g/mol. The maximum absolute atomic E-state index is 12.7. The molecule has 1 amide bonds. The number of hydrogen-bond acceptors (Lipinski definition) is 3. The molecule has 0 unspecified atom stereocenters.